The van der Waals surface area contributed by atoms with E-state index in [2.05, 4.69) is 10.1 Å². The Labute approximate surface area is 116 Å². The summed E-state index contributed by atoms with van der Waals surface area (Å²) in [6.07, 6.45) is 4.36. The van der Waals surface area contributed by atoms with E-state index in [9.17, 15) is 13.6 Å². The SMILES string of the molecule is O=C(Nc1ccc(OC(F)F)cc1)N1CCCCCC1. The number of anilines is 1. The molecule has 1 aromatic carbocycles. The number of hydrogen-bond acceptors (Lipinski definition) is 2. The first-order chi connectivity index (χ1) is 9.65. The van der Waals surface area contributed by atoms with Crippen molar-refractivity contribution in [3.63, 3.8) is 0 Å². The van der Waals surface area contributed by atoms with E-state index in [1.54, 1.807) is 17.0 Å². The lowest BCUT2D eigenvalue weighted by molar-refractivity contribution is -0.0498. The highest BCUT2D eigenvalue weighted by molar-refractivity contribution is 5.89. The average molecular weight is 284 g/mol. The topological polar surface area (TPSA) is 41.6 Å². The van der Waals surface area contributed by atoms with Crippen LogP contribution >= 0.6 is 0 Å². The van der Waals surface area contributed by atoms with Crippen molar-refractivity contribution in [2.45, 2.75) is 32.3 Å². The van der Waals surface area contributed by atoms with Crippen molar-refractivity contribution in [2.75, 3.05) is 18.4 Å². The van der Waals surface area contributed by atoms with Gasteiger partial charge in [0.2, 0.25) is 0 Å². The van der Waals surface area contributed by atoms with Crippen LogP contribution in [0.15, 0.2) is 24.3 Å². The minimum Gasteiger partial charge on any atom is -0.435 e. The summed E-state index contributed by atoms with van der Waals surface area (Å²) < 4.78 is 28.3. The zero-order valence-electron chi connectivity index (χ0n) is 11.1. The lowest BCUT2D eigenvalue weighted by atomic mass is 10.2. The number of carbonyl (C=O) groups is 1. The van der Waals surface area contributed by atoms with Crippen LogP contribution in [0.4, 0.5) is 19.3 Å². The maximum absolute atomic E-state index is 12.0. The van der Waals surface area contributed by atoms with Crippen LogP contribution in [-0.4, -0.2) is 30.6 Å². The second kappa shape index (κ2) is 7.07. The molecule has 6 heteroatoms. The number of amides is 2. The summed E-state index contributed by atoms with van der Waals surface area (Å²) in [7, 11) is 0. The van der Waals surface area contributed by atoms with Crippen molar-refractivity contribution in [1.82, 2.24) is 4.90 Å². The van der Waals surface area contributed by atoms with Gasteiger partial charge < -0.3 is 15.0 Å². The fourth-order valence-electron chi connectivity index (χ4n) is 2.20. The first kappa shape index (κ1) is 14.6. The van der Waals surface area contributed by atoms with Crippen molar-refractivity contribution >= 4 is 11.7 Å². The Morgan fingerprint density at radius 1 is 1.10 bits per heavy atom. The lowest BCUT2D eigenvalue weighted by Crippen LogP contribution is -2.35. The van der Waals surface area contributed by atoms with Crippen molar-refractivity contribution in [2.24, 2.45) is 0 Å². The largest absolute Gasteiger partial charge is 0.435 e. The van der Waals surface area contributed by atoms with Gasteiger partial charge in [-0.1, -0.05) is 12.8 Å². The molecule has 2 rings (SSSR count). The van der Waals surface area contributed by atoms with Crippen LogP contribution in [0.1, 0.15) is 25.7 Å². The van der Waals surface area contributed by atoms with E-state index in [-0.39, 0.29) is 11.8 Å². The number of hydrogen-bond donors (Lipinski definition) is 1. The van der Waals surface area contributed by atoms with Gasteiger partial charge in [-0.15, -0.1) is 0 Å². The van der Waals surface area contributed by atoms with Gasteiger partial charge in [0.25, 0.3) is 0 Å². The molecule has 1 aliphatic heterocycles. The van der Waals surface area contributed by atoms with Crippen molar-refractivity contribution in [3.05, 3.63) is 24.3 Å². The number of nitrogens with zero attached hydrogens (tertiary/aromatic N) is 1. The second-order valence-corrected chi connectivity index (χ2v) is 4.73. The van der Waals surface area contributed by atoms with E-state index < -0.39 is 6.61 Å². The molecule has 20 heavy (non-hydrogen) atoms. The molecule has 0 bridgehead atoms. The summed E-state index contributed by atoms with van der Waals surface area (Å²) in [5.74, 6) is 0.0766. The molecule has 0 aromatic heterocycles. The summed E-state index contributed by atoms with van der Waals surface area (Å²) in [5, 5.41) is 2.76. The van der Waals surface area contributed by atoms with Crippen LogP contribution in [0, 0.1) is 0 Å². The Morgan fingerprint density at radius 2 is 1.70 bits per heavy atom. The molecule has 0 spiro atoms. The number of likely N-dealkylation sites (tertiary alicyclic amines) is 1. The smallest absolute Gasteiger partial charge is 0.387 e. The minimum atomic E-state index is -2.84. The van der Waals surface area contributed by atoms with Gasteiger partial charge in [0.1, 0.15) is 5.75 Å². The first-order valence-corrected chi connectivity index (χ1v) is 6.76. The fraction of sp³-hybridized carbons (Fsp3) is 0.500. The Morgan fingerprint density at radius 3 is 2.25 bits per heavy atom. The minimum absolute atomic E-state index is 0.0766. The normalized spacial score (nSPS) is 15.8. The van der Waals surface area contributed by atoms with Crippen molar-refractivity contribution < 1.29 is 18.3 Å². The highest BCUT2D eigenvalue weighted by atomic mass is 19.3. The third-order valence-electron chi connectivity index (χ3n) is 3.22. The van der Waals surface area contributed by atoms with Crippen LogP contribution < -0.4 is 10.1 Å². The average Bonchev–Trinajstić information content (AvgIpc) is 2.69. The number of halogens is 2. The molecular formula is C14H18F2N2O2. The molecular weight excluding hydrogens is 266 g/mol. The Hall–Kier alpha value is -1.85. The molecule has 0 radical (unpaired) electrons. The summed E-state index contributed by atoms with van der Waals surface area (Å²) in [6, 6.07) is 5.77. The van der Waals surface area contributed by atoms with Gasteiger partial charge in [-0.25, -0.2) is 4.79 Å². The summed E-state index contributed by atoms with van der Waals surface area (Å²) in [4.78, 5) is 13.8. The van der Waals surface area contributed by atoms with E-state index in [1.807, 2.05) is 0 Å². The standard InChI is InChI=1S/C14H18F2N2O2/c15-13(16)20-12-7-5-11(6-8-12)17-14(19)18-9-3-1-2-4-10-18/h5-8,13H,1-4,9-10H2,(H,17,19). The zero-order valence-corrected chi connectivity index (χ0v) is 11.1. The van der Waals surface area contributed by atoms with Crippen LogP contribution in [0.2, 0.25) is 0 Å². The van der Waals surface area contributed by atoms with Gasteiger partial charge in [0, 0.05) is 18.8 Å². The van der Waals surface area contributed by atoms with Gasteiger partial charge in [0.05, 0.1) is 0 Å². The number of carbonyl (C=O) groups excluding carboxylic acids is 1. The number of ether oxygens (including phenoxy) is 1. The molecule has 1 heterocycles. The Balaban J connectivity index is 1.90. The molecule has 2 amide bonds. The van der Waals surface area contributed by atoms with Gasteiger partial charge >= 0.3 is 12.6 Å². The molecule has 1 aromatic rings. The monoisotopic (exact) mass is 284 g/mol. The first-order valence-electron chi connectivity index (χ1n) is 6.76. The van der Waals surface area contributed by atoms with E-state index in [1.165, 1.54) is 12.1 Å². The Bertz CT molecular complexity index is 429. The molecule has 4 nitrogen and oxygen atoms in total. The second-order valence-electron chi connectivity index (χ2n) is 4.73. The molecule has 0 atom stereocenters. The van der Waals surface area contributed by atoms with Crippen molar-refractivity contribution in [1.29, 1.82) is 0 Å². The van der Waals surface area contributed by atoms with Gasteiger partial charge in [0.15, 0.2) is 0 Å². The maximum Gasteiger partial charge on any atom is 0.387 e. The molecule has 1 saturated heterocycles. The number of benzene rings is 1. The van der Waals surface area contributed by atoms with Gasteiger partial charge in [-0.2, -0.15) is 8.78 Å². The molecule has 110 valence electrons. The van der Waals surface area contributed by atoms with E-state index in [4.69, 9.17) is 0 Å². The molecule has 0 aliphatic carbocycles. The third-order valence-corrected chi connectivity index (χ3v) is 3.22. The maximum atomic E-state index is 12.0. The van der Waals surface area contributed by atoms with Crippen LogP contribution in [0.25, 0.3) is 0 Å². The quantitative estimate of drug-likeness (QED) is 0.919. The third kappa shape index (κ3) is 4.36. The fourth-order valence-corrected chi connectivity index (χ4v) is 2.20. The highest BCUT2D eigenvalue weighted by Crippen LogP contribution is 2.18. The molecule has 1 N–H and O–H groups in total. The summed E-state index contributed by atoms with van der Waals surface area (Å²) >= 11 is 0. The number of rotatable bonds is 3. The van der Waals surface area contributed by atoms with Crippen LogP contribution in [0.5, 0.6) is 5.75 Å². The lowest BCUT2D eigenvalue weighted by Gasteiger charge is -2.20. The summed E-state index contributed by atoms with van der Waals surface area (Å²) in [5.41, 5.74) is 0.570. The van der Waals surface area contributed by atoms with Gasteiger partial charge in [-0.3, -0.25) is 0 Å². The Kier molecular flexibility index (Phi) is 5.15. The molecule has 1 aliphatic rings. The molecule has 0 saturated carbocycles. The molecule has 1 fully saturated rings. The zero-order chi connectivity index (χ0) is 14.4. The van der Waals surface area contributed by atoms with Crippen LogP contribution in [0.3, 0.4) is 0 Å². The highest BCUT2D eigenvalue weighted by Gasteiger charge is 2.15. The molecule has 0 unspecified atom stereocenters. The van der Waals surface area contributed by atoms with Gasteiger partial charge in [-0.05, 0) is 37.1 Å². The predicted octanol–water partition coefficient (Wildman–Crippen LogP) is 3.70. The van der Waals surface area contributed by atoms with E-state index in [0.717, 1.165) is 38.8 Å². The summed E-state index contributed by atoms with van der Waals surface area (Å²) in [6.45, 7) is -1.32. The van der Waals surface area contributed by atoms with Crippen molar-refractivity contribution in [3.8, 4) is 5.75 Å². The predicted molar refractivity (Wildman–Crippen MR) is 72.1 cm³/mol. The number of urea groups is 1. The number of nitrogens with one attached hydrogen (secondary N) is 1. The van der Waals surface area contributed by atoms with Crippen LogP contribution in [-0.2, 0) is 0 Å². The van der Waals surface area contributed by atoms with E-state index >= 15 is 0 Å². The number of alkyl halides is 2. The van der Waals surface area contributed by atoms with E-state index in [0.29, 0.717) is 5.69 Å².